The third-order valence-electron chi connectivity index (χ3n) is 3.35. The standard InChI is InChI=1S/C15H9FN4O/c16-9-4-5-12-10(7-9)14-11(8-18-12)15(21)20(19-14)13-3-1-2-6-17-13/h1-8,18H. The van der Waals surface area contributed by atoms with Crippen molar-refractivity contribution < 1.29 is 4.39 Å². The van der Waals surface area contributed by atoms with Gasteiger partial charge in [0.2, 0.25) is 0 Å². The number of nitrogens with zero attached hydrogens (tertiary/aromatic N) is 3. The van der Waals surface area contributed by atoms with Crippen LogP contribution in [0.1, 0.15) is 0 Å². The average Bonchev–Trinajstić information content (AvgIpc) is 2.86. The number of fused-ring (bicyclic) bond motifs is 3. The molecule has 0 amide bonds. The van der Waals surface area contributed by atoms with Crippen molar-refractivity contribution in [2.24, 2.45) is 0 Å². The maximum atomic E-state index is 13.5. The number of hydrogen-bond acceptors (Lipinski definition) is 3. The molecule has 0 unspecified atom stereocenters. The molecular formula is C15H9FN4O. The molecule has 2 aliphatic heterocycles. The Hall–Kier alpha value is -3.02. The molecule has 0 aliphatic carbocycles. The van der Waals surface area contributed by atoms with Crippen LogP contribution in [0.2, 0.25) is 0 Å². The SMILES string of the molecule is O=c1c2c[nH]c3ccc(F)cc3c-2nn1-c1ccccn1. The predicted octanol–water partition coefficient (Wildman–Crippen LogP) is 2.35. The summed E-state index contributed by atoms with van der Waals surface area (Å²) >= 11 is 0. The molecule has 1 N–H and O–H groups in total. The molecule has 1 aromatic heterocycles. The number of benzene rings is 1. The molecule has 5 nitrogen and oxygen atoms in total. The van der Waals surface area contributed by atoms with Crippen molar-refractivity contribution in [1.82, 2.24) is 19.7 Å². The highest BCUT2D eigenvalue weighted by atomic mass is 19.1. The number of H-pyrrole nitrogens is 1. The summed E-state index contributed by atoms with van der Waals surface area (Å²) in [6, 6.07) is 9.57. The minimum atomic E-state index is -0.372. The first-order valence-electron chi connectivity index (χ1n) is 6.35. The molecule has 21 heavy (non-hydrogen) atoms. The van der Waals surface area contributed by atoms with Gasteiger partial charge in [-0.15, -0.1) is 0 Å². The van der Waals surface area contributed by atoms with Gasteiger partial charge in [-0.05, 0) is 30.3 Å². The summed E-state index contributed by atoms with van der Waals surface area (Å²) in [6.07, 6.45) is 3.18. The molecule has 102 valence electrons. The highest BCUT2D eigenvalue weighted by Crippen LogP contribution is 2.26. The van der Waals surface area contributed by atoms with E-state index < -0.39 is 0 Å². The molecule has 0 saturated carbocycles. The Morgan fingerprint density at radius 2 is 2.10 bits per heavy atom. The molecule has 0 atom stereocenters. The first kappa shape index (κ1) is 11.8. The van der Waals surface area contributed by atoms with Crippen LogP contribution in [0.25, 0.3) is 28.0 Å². The Bertz CT molecular complexity index is 974. The van der Waals surface area contributed by atoms with E-state index in [0.717, 1.165) is 5.52 Å². The van der Waals surface area contributed by atoms with Gasteiger partial charge in [0.15, 0.2) is 5.82 Å². The molecule has 0 fully saturated rings. The summed E-state index contributed by atoms with van der Waals surface area (Å²) in [4.78, 5) is 19.5. The lowest BCUT2D eigenvalue weighted by atomic mass is 10.1. The van der Waals surface area contributed by atoms with E-state index in [-0.39, 0.29) is 11.4 Å². The van der Waals surface area contributed by atoms with E-state index in [1.807, 2.05) is 0 Å². The largest absolute Gasteiger partial charge is 0.360 e. The van der Waals surface area contributed by atoms with Gasteiger partial charge in [-0.25, -0.2) is 9.37 Å². The van der Waals surface area contributed by atoms with Crippen molar-refractivity contribution in [1.29, 1.82) is 0 Å². The highest BCUT2D eigenvalue weighted by molar-refractivity contribution is 5.93. The number of rotatable bonds is 1. The van der Waals surface area contributed by atoms with Gasteiger partial charge < -0.3 is 4.98 Å². The predicted molar refractivity (Wildman–Crippen MR) is 76.1 cm³/mol. The molecule has 2 aromatic rings. The Morgan fingerprint density at radius 3 is 2.90 bits per heavy atom. The Balaban J connectivity index is 2.10. The first-order chi connectivity index (χ1) is 10.2. The van der Waals surface area contributed by atoms with Crippen molar-refractivity contribution in [2.75, 3.05) is 0 Å². The van der Waals surface area contributed by atoms with Gasteiger partial charge in [-0.2, -0.15) is 9.78 Å². The fraction of sp³-hybridized carbons (Fsp3) is 0. The minimum absolute atomic E-state index is 0.286. The number of hydrogen-bond donors (Lipinski definition) is 1. The normalized spacial score (nSPS) is 11.3. The van der Waals surface area contributed by atoms with Crippen molar-refractivity contribution in [3.63, 3.8) is 0 Å². The molecule has 0 saturated heterocycles. The van der Waals surface area contributed by atoms with Gasteiger partial charge in [0.05, 0.1) is 5.56 Å². The Labute approximate surface area is 118 Å². The van der Waals surface area contributed by atoms with Crippen LogP contribution in [0.3, 0.4) is 0 Å². The van der Waals surface area contributed by atoms with Crippen molar-refractivity contribution in [3.05, 3.63) is 65.0 Å². The van der Waals surface area contributed by atoms with Gasteiger partial charge >= 0.3 is 0 Å². The zero-order chi connectivity index (χ0) is 14.4. The number of aromatic amines is 1. The van der Waals surface area contributed by atoms with E-state index in [0.29, 0.717) is 22.5 Å². The molecule has 6 heteroatoms. The Kier molecular flexibility index (Phi) is 2.38. The minimum Gasteiger partial charge on any atom is -0.360 e. The van der Waals surface area contributed by atoms with Crippen LogP contribution in [-0.2, 0) is 0 Å². The van der Waals surface area contributed by atoms with Crippen LogP contribution in [-0.4, -0.2) is 19.7 Å². The first-order valence-corrected chi connectivity index (χ1v) is 6.35. The summed E-state index contributed by atoms with van der Waals surface area (Å²) in [5.74, 6) is 0.0616. The highest BCUT2D eigenvalue weighted by Gasteiger charge is 2.19. The molecule has 3 heterocycles. The summed E-state index contributed by atoms with van der Waals surface area (Å²) in [5.41, 5.74) is 1.29. The molecule has 0 bridgehead atoms. The quantitative estimate of drug-likeness (QED) is 0.582. The van der Waals surface area contributed by atoms with E-state index in [2.05, 4.69) is 15.1 Å². The van der Waals surface area contributed by atoms with E-state index in [4.69, 9.17) is 0 Å². The molecule has 4 rings (SSSR count). The maximum absolute atomic E-state index is 13.5. The number of halogens is 1. The lowest BCUT2D eigenvalue weighted by Gasteiger charge is -2.02. The zero-order valence-electron chi connectivity index (χ0n) is 10.7. The van der Waals surface area contributed by atoms with Gasteiger partial charge in [0.1, 0.15) is 11.5 Å². The fourth-order valence-corrected chi connectivity index (χ4v) is 2.37. The zero-order valence-corrected chi connectivity index (χ0v) is 10.7. The molecule has 0 radical (unpaired) electrons. The second kappa shape index (κ2) is 4.24. The molecule has 0 spiro atoms. The third kappa shape index (κ3) is 1.73. The Morgan fingerprint density at radius 1 is 1.19 bits per heavy atom. The topological polar surface area (TPSA) is 63.6 Å². The van der Waals surface area contributed by atoms with Gasteiger partial charge in [0, 0.05) is 23.3 Å². The summed E-state index contributed by atoms with van der Waals surface area (Å²) in [6.45, 7) is 0. The van der Waals surface area contributed by atoms with Crippen LogP contribution in [0.5, 0.6) is 0 Å². The fourth-order valence-electron chi connectivity index (χ4n) is 2.37. The molecule has 2 aliphatic rings. The summed E-state index contributed by atoms with van der Waals surface area (Å²) in [7, 11) is 0. The van der Waals surface area contributed by atoms with E-state index >= 15 is 0 Å². The maximum Gasteiger partial charge on any atom is 0.283 e. The number of pyridine rings is 2. The molecule has 1 aromatic carbocycles. The smallest absolute Gasteiger partial charge is 0.283 e. The van der Waals surface area contributed by atoms with Crippen LogP contribution in [0.15, 0.2) is 53.6 Å². The van der Waals surface area contributed by atoms with Crippen molar-refractivity contribution in [2.45, 2.75) is 0 Å². The monoisotopic (exact) mass is 280 g/mol. The van der Waals surface area contributed by atoms with E-state index in [9.17, 15) is 9.18 Å². The van der Waals surface area contributed by atoms with Crippen LogP contribution in [0, 0.1) is 5.82 Å². The second-order valence-electron chi connectivity index (χ2n) is 4.65. The summed E-state index contributed by atoms with van der Waals surface area (Å²) in [5, 5.41) is 4.88. The van der Waals surface area contributed by atoms with Gasteiger partial charge in [-0.1, -0.05) is 6.07 Å². The molecular weight excluding hydrogens is 271 g/mol. The third-order valence-corrected chi connectivity index (χ3v) is 3.35. The second-order valence-corrected chi connectivity index (χ2v) is 4.65. The van der Waals surface area contributed by atoms with Crippen LogP contribution < -0.4 is 5.56 Å². The van der Waals surface area contributed by atoms with Gasteiger partial charge in [-0.3, -0.25) is 4.79 Å². The van der Waals surface area contributed by atoms with Crippen molar-refractivity contribution >= 4 is 10.9 Å². The van der Waals surface area contributed by atoms with E-state index in [1.165, 1.54) is 16.8 Å². The van der Waals surface area contributed by atoms with Crippen LogP contribution in [0.4, 0.5) is 4.39 Å². The van der Waals surface area contributed by atoms with Crippen molar-refractivity contribution in [3.8, 4) is 17.1 Å². The van der Waals surface area contributed by atoms with Crippen LogP contribution >= 0.6 is 0 Å². The number of nitrogens with one attached hydrogen (secondary N) is 1. The number of aromatic nitrogens is 4. The lowest BCUT2D eigenvalue weighted by Crippen LogP contribution is -2.15. The lowest BCUT2D eigenvalue weighted by molar-refractivity contribution is 0.629. The van der Waals surface area contributed by atoms with Gasteiger partial charge in [0.25, 0.3) is 5.56 Å². The van der Waals surface area contributed by atoms with E-state index in [1.54, 1.807) is 36.7 Å². The summed E-state index contributed by atoms with van der Waals surface area (Å²) < 4.78 is 14.7. The average molecular weight is 280 g/mol.